The molecule has 1 aromatic heterocycles. The van der Waals surface area contributed by atoms with Crippen LogP contribution in [0.1, 0.15) is 41.6 Å². The normalized spacial score (nSPS) is 14.6. The molecule has 1 aromatic carbocycles. The van der Waals surface area contributed by atoms with Crippen LogP contribution in [-0.4, -0.2) is 10.1 Å². The van der Waals surface area contributed by atoms with Crippen LogP contribution >= 0.6 is 0 Å². The second-order valence-corrected chi connectivity index (χ2v) is 4.88. The summed E-state index contributed by atoms with van der Waals surface area (Å²) in [6, 6.07) is 5.94. The van der Waals surface area contributed by atoms with Crippen molar-refractivity contribution in [3.63, 3.8) is 0 Å². The largest absolute Gasteiger partial charge is 0.483 e. The van der Waals surface area contributed by atoms with Crippen molar-refractivity contribution in [3.05, 3.63) is 41.0 Å². The van der Waals surface area contributed by atoms with Gasteiger partial charge < -0.3 is 15.0 Å². The van der Waals surface area contributed by atoms with Crippen molar-refractivity contribution in [1.82, 2.24) is 10.1 Å². The van der Waals surface area contributed by atoms with Crippen LogP contribution in [0.4, 0.5) is 0 Å². The van der Waals surface area contributed by atoms with Gasteiger partial charge in [0.15, 0.2) is 12.4 Å². The SMILES string of the molecule is Cc1cccc(CN)c1OCc1nc(C2CC2)no1. The van der Waals surface area contributed by atoms with Crippen LogP contribution in [0.3, 0.4) is 0 Å². The first-order valence-electron chi connectivity index (χ1n) is 6.51. The zero-order valence-corrected chi connectivity index (χ0v) is 10.9. The monoisotopic (exact) mass is 259 g/mol. The van der Waals surface area contributed by atoms with E-state index in [-0.39, 0.29) is 6.61 Å². The molecule has 2 N–H and O–H groups in total. The Kier molecular flexibility index (Phi) is 3.21. The summed E-state index contributed by atoms with van der Waals surface area (Å²) in [7, 11) is 0. The van der Waals surface area contributed by atoms with E-state index in [2.05, 4.69) is 10.1 Å². The summed E-state index contributed by atoms with van der Waals surface area (Å²) in [5.74, 6) is 2.64. The number of aryl methyl sites for hydroxylation is 1. The Hall–Kier alpha value is -1.88. The van der Waals surface area contributed by atoms with Crippen molar-refractivity contribution in [1.29, 1.82) is 0 Å². The van der Waals surface area contributed by atoms with Gasteiger partial charge in [-0.3, -0.25) is 0 Å². The molecule has 5 heteroatoms. The van der Waals surface area contributed by atoms with Crippen molar-refractivity contribution in [2.45, 2.75) is 38.8 Å². The lowest BCUT2D eigenvalue weighted by molar-refractivity contribution is 0.239. The van der Waals surface area contributed by atoms with E-state index in [0.717, 1.165) is 35.5 Å². The minimum absolute atomic E-state index is 0.289. The first kappa shape index (κ1) is 12.2. The van der Waals surface area contributed by atoms with Crippen molar-refractivity contribution >= 4 is 0 Å². The first-order chi connectivity index (χ1) is 9.28. The fourth-order valence-electron chi connectivity index (χ4n) is 2.05. The van der Waals surface area contributed by atoms with Crippen LogP contribution in [0, 0.1) is 6.92 Å². The zero-order chi connectivity index (χ0) is 13.2. The molecule has 5 nitrogen and oxygen atoms in total. The van der Waals surface area contributed by atoms with E-state index in [1.807, 2.05) is 25.1 Å². The third kappa shape index (κ3) is 2.61. The highest BCUT2D eigenvalue weighted by atomic mass is 16.5. The third-order valence-electron chi connectivity index (χ3n) is 3.28. The maximum absolute atomic E-state index is 5.78. The van der Waals surface area contributed by atoms with Gasteiger partial charge in [0, 0.05) is 18.0 Å². The van der Waals surface area contributed by atoms with Gasteiger partial charge in [0.2, 0.25) is 0 Å². The molecule has 100 valence electrons. The summed E-state index contributed by atoms with van der Waals surface area (Å²) in [5.41, 5.74) is 7.76. The minimum Gasteiger partial charge on any atom is -0.483 e. The lowest BCUT2D eigenvalue weighted by Crippen LogP contribution is -2.04. The van der Waals surface area contributed by atoms with Gasteiger partial charge >= 0.3 is 0 Å². The van der Waals surface area contributed by atoms with Gasteiger partial charge in [0.1, 0.15) is 5.75 Å². The maximum atomic E-state index is 5.78. The molecule has 0 amide bonds. The number of rotatable bonds is 5. The van der Waals surface area contributed by atoms with E-state index < -0.39 is 0 Å². The van der Waals surface area contributed by atoms with E-state index >= 15 is 0 Å². The number of para-hydroxylation sites is 1. The number of ether oxygens (including phenoxy) is 1. The number of nitrogens with zero attached hydrogens (tertiary/aromatic N) is 2. The minimum atomic E-state index is 0.289. The molecule has 1 saturated carbocycles. The van der Waals surface area contributed by atoms with Gasteiger partial charge in [-0.2, -0.15) is 4.98 Å². The van der Waals surface area contributed by atoms with Crippen LogP contribution in [0.25, 0.3) is 0 Å². The molecule has 0 aliphatic heterocycles. The van der Waals surface area contributed by atoms with Crippen LogP contribution in [0.15, 0.2) is 22.7 Å². The van der Waals surface area contributed by atoms with Gasteiger partial charge in [-0.05, 0) is 25.3 Å². The molecule has 0 atom stereocenters. The second kappa shape index (κ2) is 5.01. The summed E-state index contributed by atoms with van der Waals surface area (Å²) in [5, 5.41) is 3.96. The topological polar surface area (TPSA) is 74.2 Å². The average Bonchev–Trinajstić information content (AvgIpc) is 3.17. The van der Waals surface area contributed by atoms with E-state index in [0.29, 0.717) is 18.4 Å². The number of nitrogens with two attached hydrogens (primary N) is 1. The Bertz CT molecular complexity index is 576. The molecule has 3 rings (SSSR count). The van der Waals surface area contributed by atoms with Crippen LogP contribution < -0.4 is 10.5 Å². The Morgan fingerprint density at radius 3 is 3.00 bits per heavy atom. The molecular weight excluding hydrogens is 242 g/mol. The Labute approximate surface area is 111 Å². The lowest BCUT2D eigenvalue weighted by Gasteiger charge is -2.11. The quantitative estimate of drug-likeness (QED) is 0.891. The lowest BCUT2D eigenvalue weighted by atomic mass is 10.1. The molecule has 0 spiro atoms. The summed E-state index contributed by atoms with van der Waals surface area (Å²) in [4.78, 5) is 4.34. The third-order valence-corrected chi connectivity index (χ3v) is 3.28. The van der Waals surface area contributed by atoms with Crippen molar-refractivity contribution in [2.24, 2.45) is 5.73 Å². The van der Waals surface area contributed by atoms with E-state index in [9.17, 15) is 0 Å². The molecule has 19 heavy (non-hydrogen) atoms. The fraction of sp³-hybridized carbons (Fsp3) is 0.429. The van der Waals surface area contributed by atoms with E-state index in [1.165, 1.54) is 0 Å². The maximum Gasteiger partial charge on any atom is 0.264 e. The smallest absolute Gasteiger partial charge is 0.264 e. The van der Waals surface area contributed by atoms with Gasteiger partial charge in [-0.1, -0.05) is 23.4 Å². The van der Waals surface area contributed by atoms with Crippen LogP contribution in [0.5, 0.6) is 5.75 Å². The number of benzene rings is 1. The molecule has 0 radical (unpaired) electrons. The van der Waals surface area contributed by atoms with Gasteiger partial charge in [0.25, 0.3) is 5.89 Å². The molecule has 0 unspecified atom stereocenters. The number of hydrogen-bond donors (Lipinski definition) is 1. The first-order valence-corrected chi connectivity index (χ1v) is 6.51. The Balaban J connectivity index is 1.71. The fourth-order valence-corrected chi connectivity index (χ4v) is 2.05. The van der Waals surface area contributed by atoms with Crippen LogP contribution in [-0.2, 0) is 13.2 Å². The molecular formula is C14H17N3O2. The average molecular weight is 259 g/mol. The van der Waals surface area contributed by atoms with Gasteiger partial charge in [0.05, 0.1) is 0 Å². The molecule has 2 aromatic rings. The summed E-state index contributed by atoms with van der Waals surface area (Å²) >= 11 is 0. The predicted molar refractivity (Wildman–Crippen MR) is 69.7 cm³/mol. The highest BCUT2D eigenvalue weighted by molar-refractivity contribution is 5.40. The zero-order valence-electron chi connectivity index (χ0n) is 10.9. The predicted octanol–water partition coefficient (Wildman–Crippen LogP) is 2.29. The van der Waals surface area contributed by atoms with Crippen molar-refractivity contribution in [2.75, 3.05) is 0 Å². The van der Waals surface area contributed by atoms with Crippen LogP contribution in [0.2, 0.25) is 0 Å². The summed E-state index contributed by atoms with van der Waals surface area (Å²) in [6.07, 6.45) is 2.32. The standard InChI is InChI=1S/C14H17N3O2/c1-9-3-2-4-11(7-15)13(9)18-8-12-16-14(17-19-12)10-5-6-10/h2-4,10H,5-8,15H2,1H3. The molecule has 1 aliphatic rings. The highest BCUT2D eigenvalue weighted by Gasteiger charge is 2.28. The molecule has 1 heterocycles. The summed E-state index contributed by atoms with van der Waals surface area (Å²) < 4.78 is 11.0. The molecule has 0 saturated heterocycles. The van der Waals surface area contributed by atoms with Gasteiger partial charge in [-0.15, -0.1) is 0 Å². The van der Waals surface area contributed by atoms with E-state index in [4.69, 9.17) is 15.0 Å². The van der Waals surface area contributed by atoms with Crippen molar-refractivity contribution < 1.29 is 9.26 Å². The molecule has 1 aliphatic carbocycles. The van der Waals surface area contributed by atoms with Gasteiger partial charge in [-0.25, -0.2) is 0 Å². The number of aromatic nitrogens is 2. The van der Waals surface area contributed by atoms with E-state index in [1.54, 1.807) is 0 Å². The molecule has 1 fully saturated rings. The van der Waals surface area contributed by atoms with Crippen molar-refractivity contribution in [3.8, 4) is 5.75 Å². The highest BCUT2D eigenvalue weighted by Crippen LogP contribution is 2.38. The molecule has 0 bridgehead atoms. The Morgan fingerprint density at radius 1 is 1.42 bits per heavy atom. The number of hydrogen-bond acceptors (Lipinski definition) is 5. The summed E-state index contributed by atoms with van der Waals surface area (Å²) in [6.45, 7) is 2.74. The second-order valence-electron chi connectivity index (χ2n) is 4.88. The Morgan fingerprint density at radius 2 is 2.26 bits per heavy atom.